The molecule has 130 valence electrons. The van der Waals surface area contributed by atoms with E-state index in [9.17, 15) is 4.79 Å². The molecule has 1 aromatic carbocycles. The van der Waals surface area contributed by atoms with Crippen LogP contribution in [0.5, 0.6) is 11.5 Å². The number of nitrogens with zero attached hydrogens (tertiary/aromatic N) is 2. The maximum Gasteiger partial charge on any atom is 0.437 e. The van der Waals surface area contributed by atoms with Crippen LogP contribution in [0.25, 0.3) is 12.2 Å². The second-order valence-electron chi connectivity index (χ2n) is 5.03. The smallest absolute Gasteiger partial charge is 0.437 e. The van der Waals surface area contributed by atoms with E-state index >= 15 is 0 Å². The molecular weight excluding hydrogens is 348 g/mol. The summed E-state index contributed by atoms with van der Waals surface area (Å²) in [5.41, 5.74) is 1.49. The Morgan fingerprint density at radius 1 is 1.24 bits per heavy atom. The first-order valence-electron chi connectivity index (χ1n) is 7.30. The maximum absolute atomic E-state index is 11.8. The predicted molar refractivity (Wildman–Crippen MR) is 92.1 cm³/mol. The Morgan fingerprint density at radius 3 is 2.76 bits per heavy atom. The molecule has 3 aromatic rings. The van der Waals surface area contributed by atoms with Crippen molar-refractivity contribution < 1.29 is 18.3 Å². The van der Waals surface area contributed by atoms with E-state index in [0.717, 1.165) is 5.56 Å². The lowest BCUT2D eigenvalue weighted by Crippen LogP contribution is -2.16. The van der Waals surface area contributed by atoms with Crippen molar-refractivity contribution in [2.45, 2.75) is 6.54 Å². The van der Waals surface area contributed by atoms with Crippen LogP contribution in [0.2, 0.25) is 5.02 Å². The Kier molecular flexibility index (Phi) is 4.95. The van der Waals surface area contributed by atoms with Gasteiger partial charge in [0.05, 0.1) is 38.3 Å². The number of halogens is 1. The minimum absolute atomic E-state index is 0.166. The van der Waals surface area contributed by atoms with Crippen LogP contribution in [-0.4, -0.2) is 24.0 Å². The van der Waals surface area contributed by atoms with E-state index in [1.54, 1.807) is 36.6 Å². The van der Waals surface area contributed by atoms with Gasteiger partial charge >= 0.3 is 5.76 Å². The number of ether oxygens (including phenoxy) is 2. The van der Waals surface area contributed by atoms with Gasteiger partial charge in [-0.1, -0.05) is 11.6 Å². The monoisotopic (exact) mass is 362 g/mol. The fourth-order valence-electron chi connectivity index (χ4n) is 2.24. The van der Waals surface area contributed by atoms with Gasteiger partial charge in [0.25, 0.3) is 0 Å². The first-order valence-corrected chi connectivity index (χ1v) is 7.67. The largest absolute Gasteiger partial charge is 0.493 e. The molecule has 0 saturated carbocycles. The fourth-order valence-corrected chi connectivity index (χ4v) is 2.54. The molecule has 0 aliphatic carbocycles. The second-order valence-corrected chi connectivity index (χ2v) is 5.41. The SMILES string of the molecule is COc1ccc(C=Cc2nn(Cc3ccoc3)c(=O)o2)c(Cl)c1OC. The topological polar surface area (TPSA) is 79.6 Å². The van der Waals surface area contributed by atoms with Gasteiger partial charge in [-0.3, -0.25) is 0 Å². The van der Waals surface area contributed by atoms with Gasteiger partial charge in [-0.15, -0.1) is 5.10 Å². The Balaban J connectivity index is 1.84. The molecule has 0 fully saturated rings. The van der Waals surface area contributed by atoms with E-state index in [1.807, 2.05) is 0 Å². The van der Waals surface area contributed by atoms with Crippen molar-refractivity contribution in [3.05, 3.63) is 63.3 Å². The molecule has 0 aliphatic rings. The van der Waals surface area contributed by atoms with E-state index in [0.29, 0.717) is 22.1 Å². The summed E-state index contributed by atoms with van der Waals surface area (Å²) in [6.07, 6.45) is 6.30. The van der Waals surface area contributed by atoms with Crippen LogP contribution in [0, 0.1) is 0 Å². The summed E-state index contributed by atoms with van der Waals surface area (Å²) >= 11 is 6.31. The number of benzene rings is 1. The van der Waals surface area contributed by atoms with E-state index in [1.165, 1.54) is 25.2 Å². The molecule has 0 aliphatic heterocycles. The number of aromatic nitrogens is 2. The van der Waals surface area contributed by atoms with Gasteiger partial charge in [0, 0.05) is 11.6 Å². The van der Waals surface area contributed by atoms with E-state index in [-0.39, 0.29) is 12.4 Å². The Hall–Kier alpha value is -2.93. The highest BCUT2D eigenvalue weighted by molar-refractivity contribution is 6.33. The summed E-state index contributed by atoms with van der Waals surface area (Å²) < 4.78 is 21.7. The molecule has 0 atom stereocenters. The number of hydrogen-bond donors (Lipinski definition) is 0. The van der Waals surface area contributed by atoms with Crippen molar-refractivity contribution >= 4 is 23.8 Å². The minimum atomic E-state index is -0.556. The number of methoxy groups -OCH3 is 2. The van der Waals surface area contributed by atoms with Crippen molar-refractivity contribution in [3.8, 4) is 11.5 Å². The minimum Gasteiger partial charge on any atom is -0.493 e. The van der Waals surface area contributed by atoms with Crippen LogP contribution in [0.4, 0.5) is 0 Å². The quantitative estimate of drug-likeness (QED) is 0.669. The molecule has 0 radical (unpaired) electrons. The zero-order chi connectivity index (χ0) is 17.8. The summed E-state index contributed by atoms with van der Waals surface area (Å²) in [5.74, 6) is 0.567. The van der Waals surface area contributed by atoms with E-state index in [2.05, 4.69) is 5.10 Å². The molecule has 0 spiro atoms. The highest BCUT2D eigenvalue weighted by Gasteiger charge is 2.12. The zero-order valence-electron chi connectivity index (χ0n) is 13.6. The Labute approximate surface area is 148 Å². The van der Waals surface area contributed by atoms with E-state index < -0.39 is 5.76 Å². The molecule has 2 heterocycles. The fraction of sp³-hybridized carbons (Fsp3) is 0.176. The van der Waals surface area contributed by atoms with Gasteiger partial charge in [-0.2, -0.15) is 4.68 Å². The van der Waals surface area contributed by atoms with Crippen molar-refractivity contribution in [1.82, 2.24) is 9.78 Å². The average molecular weight is 363 g/mol. The third-order valence-electron chi connectivity index (χ3n) is 3.45. The molecule has 2 aromatic heterocycles. The van der Waals surface area contributed by atoms with Crippen LogP contribution < -0.4 is 15.2 Å². The first kappa shape index (κ1) is 16.9. The van der Waals surface area contributed by atoms with Crippen molar-refractivity contribution in [3.63, 3.8) is 0 Å². The average Bonchev–Trinajstić information content (AvgIpc) is 3.24. The Bertz CT molecular complexity index is 941. The predicted octanol–water partition coefficient (Wildman–Crippen LogP) is 3.32. The summed E-state index contributed by atoms with van der Waals surface area (Å²) in [4.78, 5) is 11.8. The Morgan fingerprint density at radius 2 is 2.08 bits per heavy atom. The van der Waals surface area contributed by atoms with Crippen LogP contribution >= 0.6 is 11.6 Å². The molecule has 0 amide bonds. The van der Waals surface area contributed by atoms with Gasteiger partial charge in [-0.25, -0.2) is 4.79 Å². The maximum atomic E-state index is 11.8. The summed E-state index contributed by atoms with van der Waals surface area (Å²) in [6, 6.07) is 5.25. The van der Waals surface area contributed by atoms with Crippen LogP contribution in [0.15, 0.2) is 44.4 Å². The molecule has 7 nitrogen and oxygen atoms in total. The lowest BCUT2D eigenvalue weighted by molar-refractivity contribution is 0.355. The van der Waals surface area contributed by atoms with Gasteiger partial charge in [0.2, 0.25) is 5.89 Å². The summed E-state index contributed by atoms with van der Waals surface area (Å²) in [7, 11) is 3.04. The third-order valence-corrected chi connectivity index (χ3v) is 3.84. The number of hydrogen-bond acceptors (Lipinski definition) is 6. The van der Waals surface area contributed by atoms with Crippen molar-refractivity contribution in [2.24, 2.45) is 0 Å². The molecule has 3 rings (SSSR count). The molecular formula is C17H15ClN2O5. The summed E-state index contributed by atoms with van der Waals surface area (Å²) in [5, 5.41) is 4.50. The highest BCUT2D eigenvalue weighted by atomic mass is 35.5. The lowest BCUT2D eigenvalue weighted by Gasteiger charge is -2.10. The zero-order valence-corrected chi connectivity index (χ0v) is 14.3. The normalized spacial score (nSPS) is 11.2. The molecule has 0 N–H and O–H groups in total. The molecule has 25 heavy (non-hydrogen) atoms. The van der Waals surface area contributed by atoms with Gasteiger partial charge in [0.1, 0.15) is 0 Å². The second kappa shape index (κ2) is 7.31. The standard InChI is InChI=1S/C17H15ClN2O5/c1-22-13-5-3-12(15(18)16(13)23-2)4-6-14-19-20(17(21)25-14)9-11-7-8-24-10-11/h3-8,10H,9H2,1-2H3. The highest BCUT2D eigenvalue weighted by Crippen LogP contribution is 2.37. The number of rotatable bonds is 6. The van der Waals surface area contributed by atoms with Gasteiger partial charge in [-0.05, 0) is 29.8 Å². The third kappa shape index (κ3) is 3.61. The van der Waals surface area contributed by atoms with Crippen LogP contribution in [-0.2, 0) is 6.54 Å². The molecule has 8 heteroatoms. The number of furan rings is 1. The molecule has 0 saturated heterocycles. The molecule has 0 unspecified atom stereocenters. The van der Waals surface area contributed by atoms with Crippen LogP contribution in [0.3, 0.4) is 0 Å². The van der Waals surface area contributed by atoms with E-state index in [4.69, 9.17) is 29.9 Å². The van der Waals surface area contributed by atoms with Crippen LogP contribution in [0.1, 0.15) is 17.0 Å². The summed E-state index contributed by atoms with van der Waals surface area (Å²) in [6.45, 7) is 0.268. The van der Waals surface area contributed by atoms with Gasteiger partial charge < -0.3 is 18.3 Å². The first-order chi connectivity index (χ1) is 12.1. The van der Waals surface area contributed by atoms with Gasteiger partial charge in [0.15, 0.2) is 11.5 Å². The lowest BCUT2D eigenvalue weighted by atomic mass is 10.2. The van der Waals surface area contributed by atoms with Crippen molar-refractivity contribution in [1.29, 1.82) is 0 Å². The van der Waals surface area contributed by atoms with Crippen molar-refractivity contribution in [2.75, 3.05) is 14.2 Å². The molecule has 0 bridgehead atoms.